The summed E-state index contributed by atoms with van der Waals surface area (Å²) in [6.07, 6.45) is 0.795. The molecule has 5 heteroatoms. The van der Waals surface area contributed by atoms with E-state index in [2.05, 4.69) is 5.32 Å². The molecule has 0 aromatic heterocycles. The van der Waals surface area contributed by atoms with Crippen molar-refractivity contribution in [2.75, 3.05) is 25.2 Å². The number of benzene rings is 1. The molecule has 0 fully saturated rings. The summed E-state index contributed by atoms with van der Waals surface area (Å²) in [5.41, 5.74) is 2.59. The van der Waals surface area contributed by atoms with Gasteiger partial charge in [0.05, 0.1) is 6.61 Å². The molecule has 5 nitrogen and oxygen atoms in total. The van der Waals surface area contributed by atoms with E-state index in [1.54, 1.807) is 25.0 Å². The van der Waals surface area contributed by atoms with Gasteiger partial charge in [-0.3, -0.25) is 9.59 Å². The van der Waals surface area contributed by atoms with E-state index < -0.39 is 0 Å². The van der Waals surface area contributed by atoms with Gasteiger partial charge in [0.25, 0.3) is 5.91 Å². The molecular weight excluding hydrogens is 256 g/mol. The Kier molecular flexibility index (Phi) is 4.39. The average Bonchev–Trinajstić information content (AvgIpc) is 2.81. The number of hydrogen-bond acceptors (Lipinski definition) is 3. The van der Waals surface area contributed by atoms with Crippen molar-refractivity contribution in [2.45, 2.75) is 26.3 Å². The average molecular weight is 276 g/mol. The third-order valence-electron chi connectivity index (χ3n) is 3.41. The molecule has 0 saturated heterocycles. The molecule has 0 radical (unpaired) electrons. The predicted molar refractivity (Wildman–Crippen MR) is 77.0 cm³/mol. The number of hydrogen-bond donors (Lipinski definition) is 1. The zero-order chi connectivity index (χ0) is 14.7. The Balaban J connectivity index is 2.12. The number of rotatable bonds is 4. The lowest BCUT2D eigenvalue weighted by atomic mass is 10.1. The Morgan fingerprint density at radius 2 is 2.20 bits per heavy atom. The predicted octanol–water partition coefficient (Wildman–Crippen LogP) is 1.36. The van der Waals surface area contributed by atoms with E-state index in [1.165, 1.54) is 0 Å². The van der Waals surface area contributed by atoms with Gasteiger partial charge in [-0.15, -0.1) is 0 Å². The number of carbonyl (C=O) groups is 2. The lowest BCUT2D eigenvalue weighted by Gasteiger charge is -2.16. The summed E-state index contributed by atoms with van der Waals surface area (Å²) in [4.78, 5) is 25.3. The molecule has 1 aromatic carbocycles. The van der Waals surface area contributed by atoms with Crippen LogP contribution < -0.4 is 10.2 Å². The Labute approximate surface area is 118 Å². The number of nitrogens with one attached hydrogen (secondary N) is 1. The van der Waals surface area contributed by atoms with Crippen LogP contribution in [0.4, 0.5) is 5.69 Å². The van der Waals surface area contributed by atoms with Gasteiger partial charge in [0.15, 0.2) is 0 Å². The van der Waals surface area contributed by atoms with Crippen LogP contribution in [-0.2, 0) is 16.0 Å². The van der Waals surface area contributed by atoms with Gasteiger partial charge in [-0.2, -0.15) is 0 Å². The molecule has 0 spiro atoms. The summed E-state index contributed by atoms with van der Waals surface area (Å²) < 4.78 is 5.00. The van der Waals surface area contributed by atoms with Gasteiger partial charge in [0, 0.05) is 37.9 Å². The van der Waals surface area contributed by atoms with Crippen LogP contribution in [0.25, 0.3) is 0 Å². The summed E-state index contributed by atoms with van der Waals surface area (Å²) in [6.45, 7) is 4.62. The molecule has 2 rings (SSSR count). The van der Waals surface area contributed by atoms with Crippen LogP contribution in [0.1, 0.15) is 29.8 Å². The SMILES string of the molecule is COC[C@H](C)NC(=O)c1ccc2c(c1)CCN2C(C)=O. The summed E-state index contributed by atoms with van der Waals surface area (Å²) in [5.74, 6) is -0.0757. The molecule has 1 N–H and O–H groups in total. The first-order valence-corrected chi connectivity index (χ1v) is 6.73. The molecule has 1 heterocycles. The largest absolute Gasteiger partial charge is 0.383 e. The maximum absolute atomic E-state index is 12.1. The van der Waals surface area contributed by atoms with Gasteiger partial charge in [-0.1, -0.05) is 0 Å². The monoisotopic (exact) mass is 276 g/mol. The second kappa shape index (κ2) is 6.05. The standard InChI is InChI=1S/C15H20N2O3/c1-10(9-20-3)16-15(19)13-4-5-14-12(8-13)6-7-17(14)11(2)18/h4-5,8,10H,6-7,9H2,1-3H3,(H,16,19)/t10-/m0/s1. The number of methoxy groups -OCH3 is 1. The quantitative estimate of drug-likeness (QED) is 0.903. The highest BCUT2D eigenvalue weighted by Gasteiger charge is 2.23. The number of ether oxygens (including phenoxy) is 1. The highest BCUT2D eigenvalue weighted by Crippen LogP contribution is 2.28. The van der Waals surface area contributed by atoms with Crippen LogP contribution in [0.2, 0.25) is 0 Å². The Hall–Kier alpha value is -1.88. The minimum absolute atomic E-state index is 0.0329. The zero-order valence-electron chi connectivity index (χ0n) is 12.1. The third kappa shape index (κ3) is 2.99. The number of anilines is 1. The van der Waals surface area contributed by atoms with Crippen molar-refractivity contribution in [3.05, 3.63) is 29.3 Å². The van der Waals surface area contributed by atoms with E-state index in [-0.39, 0.29) is 17.9 Å². The normalized spacial score (nSPS) is 14.8. The molecule has 0 bridgehead atoms. The maximum atomic E-state index is 12.1. The molecule has 0 saturated carbocycles. The summed E-state index contributed by atoms with van der Waals surface area (Å²) in [5, 5.41) is 2.88. The molecule has 108 valence electrons. The van der Waals surface area contributed by atoms with Crippen molar-refractivity contribution in [3.8, 4) is 0 Å². The number of nitrogens with zero attached hydrogens (tertiary/aromatic N) is 1. The maximum Gasteiger partial charge on any atom is 0.251 e. The first-order chi connectivity index (χ1) is 9.52. The molecule has 0 unspecified atom stereocenters. The number of amides is 2. The van der Waals surface area contributed by atoms with Crippen LogP contribution in [-0.4, -0.2) is 38.1 Å². The third-order valence-corrected chi connectivity index (χ3v) is 3.41. The Bertz CT molecular complexity index is 528. The lowest BCUT2D eigenvalue weighted by Crippen LogP contribution is -2.35. The zero-order valence-corrected chi connectivity index (χ0v) is 12.1. The smallest absolute Gasteiger partial charge is 0.251 e. The van der Waals surface area contributed by atoms with Crippen LogP contribution in [0, 0.1) is 0 Å². The summed E-state index contributed by atoms with van der Waals surface area (Å²) in [6, 6.07) is 5.44. The topological polar surface area (TPSA) is 58.6 Å². The second-order valence-corrected chi connectivity index (χ2v) is 5.09. The van der Waals surface area contributed by atoms with Crippen LogP contribution in [0.5, 0.6) is 0 Å². The molecule has 0 aliphatic carbocycles. The summed E-state index contributed by atoms with van der Waals surface area (Å²) >= 11 is 0. The van der Waals surface area contributed by atoms with E-state index in [0.717, 1.165) is 17.7 Å². The van der Waals surface area contributed by atoms with E-state index in [0.29, 0.717) is 18.7 Å². The van der Waals surface area contributed by atoms with Crippen molar-refractivity contribution in [1.82, 2.24) is 5.32 Å². The van der Waals surface area contributed by atoms with E-state index in [4.69, 9.17) is 4.74 Å². The van der Waals surface area contributed by atoms with Gasteiger partial charge < -0.3 is 15.0 Å². The van der Waals surface area contributed by atoms with Crippen molar-refractivity contribution in [1.29, 1.82) is 0 Å². The van der Waals surface area contributed by atoms with Crippen LogP contribution >= 0.6 is 0 Å². The lowest BCUT2D eigenvalue weighted by molar-refractivity contribution is -0.116. The fraction of sp³-hybridized carbons (Fsp3) is 0.467. The highest BCUT2D eigenvalue weighted by molar-refractivity contribution is 5.97. The van der Waals surface area contributed by atoms with Crippen LogP contribution in [0.15, 0.2) is 18.2 Å². The molecule has 20 heavy (non-hydrogen) atoms. The number of fused-ring (bicyclic) bond motifs is 1. The fourth-order valence-electron chi connectivity index (χ4n) is 2.47. The van der Waals surface area contributed by atoms with E-state index in [1.807, 2.05) is 19.1 Å². The Morgan fingerprint density at radius 3 is 2.85 bits per heavy atom. The second-order valence-electron chi connectivity index (χ2n) is 5.09. The number of carbonyl (C=O) groups excluding carboxylic acids is 2. The van der Waals surface area contributed by atoms with Crippen LogP contribution in [0.3, 0.4) is 0 Å². The minimum Gasteiger partial charge on any atom is -0.383 e. The molecule has 1 aliphatic rings. The van der Waals surface area contributed by atoms with E-state index >= 15 is 0 Å². The highest BCUT2D eigenvalue weighted by atomic mass is 16.5. The molecular formula is C15H20N2O3. The van der Waals surface area contributed by atoms with Gasteiger partial charge in [0.1, 0.15) is 0 Å². The van der Waals surface area contributed by atoms with Gasteiger partial charge >= 0.3 is 0 Å². The van der Waals surface area contributed by atoms with Crippen molar-refractivity contribution < 1.29 is 14.3 Å². The summed E-state index contributed by atoms with van der Waals surface area (Å²) in [7, 11) is 1.61. The molecule has 2 amide bonds. The fourth-order valence-corrected chi connectivity index (χ4v) is 2.47. The van der Waals surface area contributed by atoms with Gasteiger partial charge in [-0.05, 0) is 37.1 Å². The first kappa shape index (κ1) is 14.5. The van der Waals surface area contributed by atoms with Crippen molar-refractivity contribution in [2.24, 2.45) is 0 Å². The van der Waals surface area contributed by atoms with Crippen molar-refractivity contribution in [3.63, 3.8) is 0 Å². The minimum atomic E-state index is -0.112. The Morgan fingerprint density at radius 1 is 1.45 bits per heavy atom. The molecule has 1 aliphatic heterocycles. The van der Waals surface area contributed by atoms with Gasteiger partial charge in [0.2, 0.25) is 5.91 Å². The van der Waals surface area contributed by atoms with Gasteiger partial charge in [-0.25, -0.2) is 0 Å². The molecule has 1 aromatic rings. The molecule has 1 atom stereocenters. The first-order valence-electron chi connectivity index (χ1n) is 6.73. The van der Waals surface area contributed by atoms with Crippen molar-refractivity contribution >= 4 is 17.5 Å². The van der Waals surface area contributed by atoms with E-state index in [9.17, 15) is 9.59 Å².